The van der Waals surface area contributed by atoms with Gasteiger partial charge >= 0.3 is 0 Å². The molecule has 3 aliphatic rings. The molecule has 1 aliphatic heterocycles. The van der Waals surface area contributed by atoms with E-state index in [1.165, 1.54) is 13.5 Å². The second-order valence-electron chi connectivity index (χ2n) is 11.1. The van der Waals surface area contributed by atoms with Crippen molar-refractivity contribution in [1.29, 1.82) is 0 Å². The van der Waals surface area contributed by atoms with E-state index in [0.717, 1.165) is 25.7 Å². The van der Waals surface area contributed by atoms with Crippen LogP contribution >= 0.6 is 0 Å². The molecule has 3 N–H and O–H groups in total. The molecule has 0 spiro atoms. The fraction of sp³-hybridized carbons (Fsp3) is 0.621. The van der Waals surface area contributed by atoms with Crippen LogP contribution in [0.5, 0.6) is 11.5 Å². The van der Waals surface area contributed by atoms with Crippen LogP contribution in [0.2, 0.25) is 0 Å². The molecule has 0 radical (unpaired) electrons. The Bertz CT molecular complexity index is 1060. The summed E-state index contributed by atoms with van der Waals surface area (Å²) < 4.78 is 11.7. The van der Waals surface area contributed by atoms with Crippen molar-refractivity contribution in [2.45, 2.75) is 76.5 Å². The number of carbonyl (C=O) groups is 3. The predicted octanol–water partition coefficient (Wildman–Crippen LogP) is 2.59. The summed E-state index contributed by atoms with van der Waals surface area (Å²) >= 11 is 0. The third-order valence-electron chi connectivity index (χ3n) is 7.85. The molecular formula is C29H40N2O7. The van der Waals surface area contributed by atoms with Gasteiger partial charge in [0.25, 0.3) is 0 Å². The number of methoxy groups -OCH3 is 1. The van der Waals surface area contributed by atoms with Gasteiger partial charge in [-0.05, 0) is 42.9 Å². The number of fused-ring (bicyclic) bond motifs is 3. The lowest BCUT2D eigenvalue weighted by atomic mass is 9.76. The minimum Gasteiger partial charge on any atom is -0.493 e. The van der Waals surface area contributed by atoms with E-state index in [1.54, 1.807) is 23.1 Å². The summed E-state index contributed by atoms with van der Waals surface area (Å²) in [5.41, 5.74) is 1.28. The van der Waals surface area contributed by atoms with Crippen molar-refractivity contribution in [3.63, 3.8) is 0 Å². The Hall–Kier alpha value is -2.91. The third-order valence-corrected chi connectivity index (χ3v) is 7.85. The van der Waals surface area contributed by atoms with Crippen LogP contribution in [0.25, 0.3) is 0 Å². The molecule has 0 saturated heterocycles. The van der Waals surface area contributed by atoms with Crippen LogP contribution in [0, 0.1) is 11.8 Å². The predicted molar refractivity (Wildman–Crippen MR) is 141 cm³/mol. The maximum Gasteiger partial charge on any atom is 0.247 e. The van der Waals surface area contributed by atoms with Crippen LogP contribution in [-0.4, -0.2) is 78.3 Å². The van der Waals surface area contributed by atoms with Crippen molar-refractivity contribution in [1.82, 2.24) is 10.2 Å². The van der Waals surface area contributed by atoms with E-state index in [1.807, 2.05) is 13.8 Å². The zero-order chi connectivity index (χ0) is 27.4. The topological polar surface area (TPSA) is 125 Å². The van der Waals surface area contributed by atoms with Crippen LogP contribution in [0.4, 0.5) is 0 Å². The SMILES string of the molecule is COc1cc(C=O)cc2c1O[C@@H]1[C@@H](O)[C@H](N(CC3CCCCC3)C(=O)CC(C)C)C=C(C(=O)NCCO)[C@H]21. The molecule has 9 nitrogen and oxygen atoms in total. The highest BCUT2D eigenvalue weighted by atomic mass is 16.5. The van der Waals surface area contributed by atoms with Gasteiger partial charge in [0.15, 0.2) is 11.5 Å². The Morgan fingerprint density at radius 3 is 2.61 bits per heavy atom. The van der Waals surface area contributed by atoms with E-state index < -0.39 is 30.1 Å². The van der Waals surface area contributed by atoms with E-state index in [0.29, 0.717) is 53.4 Å². The summed E-state index contributed by atoms with van der Waals surface area (Å²) in [4.78, 5) is 40.4. The summed E-state index contributed by atoms with van der Waals surface area (Å²) in [5, 5.41) is 23.7. The lowest BCUT2D eigenvalue weighted by Crippen LogP contribution is -2.56. The van der Waals surface area contributed by atoms with Gasteiger partial charge in [-0.25, -0.2) is 0 Å². The van der Waals surface area contributed by atoms with Gasteiger partial charge < -0.3 is 29.9 Å². The Kier molecular flexibility index (Phi) is 9.10. The molecule has 0 unspecified atom stereocenters. The standard InChI is InChI=1S/C29H40N2O7/c1-17(2)11-24(34)31(15-18-7-5-4-6-8-18)22-14-21(29(36)30-9-10-32)25-20-12-19(16-33)13-23(37-3)27(20)38-28(25)26(22)35/h12-14,16-18,22,25-26,28,32,35H,4-11,15H2,1-3H3,(H,30,36)/t22-,25+,26+,28+/m1/s1. The second-order valence-corrected chi connectivity index (χ2v) is 11.1. The number of amides is 2. The maximum absolute atomic E-state index is 13.6. The van der Waals surface area contributed by atoms with Gasteiger partial charge in [0, 0.05) is 36.2 Å². The number of aldehydes is 1. The van der Waals surface area contributed by atoms with Crippen molar-refractivity contribution in [3.05, 3.63) is 34.9 Å². The highest BCUT2D eigenvalue weighted by molar-refractivity contribution is 5.96. The summed E-state index contributed by atoms with van der Waals surface area (Å²) in [5.74, 6) is 0.0535. The lowest BCUT2D eigenvalue weighted by molar-refractivity contribution is -0.139. The van der Waals surface area contributed by atoms with Gasteiger partial charge in [-0.2, -0.15) is 0 Å². The van der Waals surface area contributed by atoms with E-state index in [9.17, 15) is 24.6 Å². The van der Waals surface area contributed by atoms with Gasteiger partial charge in [0.2, 0.25) is 11.8 Å². The first kappa shape index (κ1) is 28.1. The van der Waals surface area contributed by atoms with E-state index in [-0.39, 0.29) is 25.0 Å². The number of nitrogens with zero attached hydrogens (tertiary/aromatic N) is 1. The molecule has 1 heterocycles. The molecule has 4 atom stereocenters. The van der Waals surface area contributed by atoms with Crippen molar-refractivity contribution >= 4 is 18.1 Å². The molecule has 1 fully saturated rings. The largest absolute Gasteiger partial charge is 0.493 e. The van der Waals surface area contributed by atoms with Crippen LogP contribution < -0.4 is 14.8 Å². The summed E-state index contributed by atoms with van der Waals surface area (Å²) in [6.45, 7) is 4.32. The van der Waals surface area contributed by atoms with Gasteiger partial charge in [0.05, 0.1) is 25.7 Å². The number of hydrogen-bond acceptors (Lipinski definition) is 7. The minimum absolute atomic E-state index is 0.0595. The molecule has 1 saturated carbocycles. The summed E-state index contributed by atoms with van der Waals surface area (Å²) in [6.07, 6.45) is 6.26. The number of aliphatic hydroxyl groups is 2. The molecule has 1 aromatic rings. The molecule has 1 aromatic carbocycles. The van der Waals surface area contributed by atoms with E-state index in [4.69, 9.17) is 9.47 Å². The third kappa shape index (κ3) is 5.73. The van der Waals surface area contributed by atoms with E-state index >= 15 is 0 Å². The Morgan fingerprint density at radius 1 is 1.24 bits per heavy atom. The monoisotopic (exact) mass is 528 g/mol. The number of ether oxygens (including phenoxy) is 2. The highest BCUT2D eigenvalue weighted by Gasteiger charge is 2.51. The first-order valence-electron chi connectivity index (χ1n) is 13.7. The molecule has 208 valence electrons. The van der Waals surface area contributed by atoms with Crippen molar-refractivity contribution in [3.8, 4) is 11.5 Å². The normalized spacial score (nSPS) is 24.6. The molecule has 38 heavy (non-hydrogen) atoms. The highest BCUT2D eigenvalue weighted by Crippen LogP contribution is 2.51. The Morgan fingerprint density at radius 2 is 1.97 bits per heavy atom. The van der Waals surface area contributed by atoms with Gasteiger partial charge in [-0.3, -0.25) is 14.4 Å². The average molecular weight is 529 g/mol. The average Bonchev–Trinajstić information content (AvgIpc) is 3.30. The number of benzene rings is 1. The molecule has 4 rings (SSSR count). The van der Waals surface area contributed by atoms with E-state index in [2.05, 4.69) is 5.32 Å². The number of carbonyl (C=O) groups excluding carboxylic acids is 3. The first-order chi connectivity index (χ1) is 18.3. The maximum atomic E-state index is 13.6. The van der Waals surface area contributed by atoms with Gasteiger partial charge in [-0.1, -0.05) is 33.1 Å². The van der Waals surface area contributed by atoms with Crippen LogP contribution in [0.3, 0.4) is 0 Å². The fourth-order valence-electron chi connectivity index (χ4n) is 6.06. The zero-order valence-electron chi connectivity index (χ0n) is 22.5. The second kappa shape index (κ2) is 12.3. The molecule has 2 aliphatic carbocycles. The summed E-state index contributed by atoms with van der Waals surface area (Å²) in [6, 6.07) is 2.45. The number of rotatable bonds is 10. The van der Waals surface area contributed by atoms with Gasteiger partial charge in [0.1, 0.15) is 18.5 Å². The van der Waals surface area contributed by atoms with Crippen molar-refractivity contribution in [2.75, 3.05) is 26.8 Å². The van der Waals surface area contributed by atoms with Crippen LogP contribution in [-0.2, 0) is 9.59 Å². The van der Waals surface area contributed by atoms with Crippen molar-refractivity contribution < 1.29 is 34.1 Å². The lowest BCUT2D eigenvalue weighted by Gasteiger charge is -2.42. The van der Waals surface area contributed by atoms with Crippen LogP contribution in [0.15, 0.2) is 23.8 Å². The molecule has 2 amide bonds. The number of hydrogen-bond donors (Lipinski definition) is 3. The molecule has 0 aromatic heterocycles. The zero-order valence-corrected chi connectivity index (χ0v) is 22.5. The Balaban J connectivity index is 1.78. The smallest absolute Gasteiger partial charge is 0.247 e. The number of aliphatic hydroxyl groups excluding tert-OH is 2. The molecule has 0 bridgehead atoms. The first-order valence-corrected chi connectivity index (χ1v) is 13.7. The quantitative estimate of drug-likeness (QED) is 0.399. The Labute approximate surface area is 224 Å². The molecular weight excluding hydrogens is 488 g/mol. The number of nitrogens with one attached hydrogen (secondary N) is 1. The van der Waals surface area contributed by atoms with Crippen LogP contribution in [0.1, 0.15) is 74.2 Å². The minimum atomic E-state index is -1.11. The molecule has 9 heteroatoms. The van der Waals surface area contributed by atoms with Gasteiger partial charge in [-0.15, -0.1) is 0 Å². The fourth-order valence-corrected chi connectivity index (χ4v) is 6.06. The summed E-state index contributed by atoms with van der Waals surface area (Å²) in [7, 11) is 1.47. The van der Waals surface area contributed by atoms with Crippen molar-refractivity contribution in [2.24, 2.45) is 11.8 Å².